The fourth-order valence-electron chi connectivity index (χ4n) is 1.24. The third-order valence-electron chi connectivity index (χ3n) is 2.08. The number of aliphatic carboxylic acids is 1. The fourth-order valence-corrected chi connectivity index (χ4v) is 1.24. The van der Waals surface area contributed by atoms with Crippen LogP contribution >= 0.6 is 0 Å². The molecule has 1 N–H and O–H groups in total. The van der Waals surface area contributed by atoms with Gasteiger partial charge in [0, 0.05) is 5.57 Å². The highest BCUT2D eigenvalue weighted by Crippen LogP contribution is 2.06. The lowest BCUT2D eigenvalue weighted by atomic mass is 10.1. The summed E-state index contributed by atoms with van der Waals surface area (Å²) in [6, 6.07) is 9.84. The van der Waals surface area contributed by atoms with E-state index in [0.29, 0.717) is 18.4 Å². The van der Waals surface area contributed by atoms with Crippen LogP contribution in [-0.4, -0.2) is 11.1 Å². The second-order valence-corrected chi connectivity index (χ2v) is 3.08. The van der Waals surface area contributed by atoms with Gasteiger partial charge in [0.2, 0.25) is 0 Å². The first-order valence-electron chi connectivity index (χ1n) is 4.70. The molecule has 0 heterocycles. The Labute approximate surface area is 83.9 Å². The van der Waals surface area contributed by atoms with Gasteiger partial charge in [-0.2, -0.15) is 0 Å². The van der Waals surface area contributed by atoms with E-state index in [2.05, 4.69) is 0 Å². The zero-order valence-corrected chi connectivity index (χ0v) is 8.23. The van der Waals surface area contributed by atoms with E-state index in [1.807, 2.05) is 37.3 Å². The van der Waals surface area contributed by atoms with Crippen LogP contribution in [0.1, 0.15) is 18.9 Å². The van der Waals surface area contributed by atoms with Crippen LogP contribution in [0.5, 0.6) is 0 Å². The van der Waals surface area contributed by atoms with Crippen LogP contribution < -0.4 is 0 Å². The largest absolute Gasteiger partial charge is 0.478 e. The molecule has 1 rings (SSSR count). The predicted molar refractivity (Wildman–Crippen MR) is 56.2 cm³/mol. The van der Waals surface area contributed by atoms with Gasteiger partial charge in [-0.05, 0) is 18.4 Å². The number of rotatable bonds is 4. The Morgan fingerprint density at radius 2 is 2.00 bits per heavy atom. The molecule has 0 unspecified atom stereocenters. The molecule has 0 amide bonds. The number of hydrogen-bond donors (Lipinski definition) is 1. The van der Waals surface area contributed by atoms with Crippen molar-refractivity contribution in [3.8, 4) is 0 Å². The smallest absolute Gasteiger partial charge is 0.331 e. The van der Waals surface area contributed by atoms with E-state index in [-0.39, 0.29) is 0 Å². The highest BCUT2D eigenvalue weighted by molar-refractivity contribution is 5.86. The van der Waals surface area contributed by atoms with Gasteiger partial charge in [0.1, 0.15) is 0 Å². The molecule has 0 aliphatic carbocycles. The molecule has 14 heavy (non-hydrogen) atoms. The van der Waals surface area contributed by atoms with Crippen molar-refractivity contribution in [1.29, 1.82) is 0 Å². The van der Waals surface area contributed by atoms with Gasteiger partial charge in [-0.15, -0.1) is 0 Å². The molecule has 0 saturated heterocycles. The highest BCUT2D eigenvalue weighted by Gasteiger charge is 2.02. The Bertz CT molecular complexity index is 325. The van der Waals surface area contributed by atoms with Crippen molar-refractivity contribution in [2.24, 2.45) is 0 Å². The molecule has 0 fully saturated rings. The van der Waals surface area contributed by atoms with Gasteiger partial charge in [-0.3, -0.25) is 0 Å². The molecule has 0 spiro atoms. The van der Waals surface area contributed by atoms with Gasteiger partial charge in [0.15, 0.2) is 0 Å². The van der Waals surface area contributed by atoms with Crippen LogP contribution in [0.2, 0.25) is 0 Å². The minimum Gasteiger partial charge on any atom is -0.478 e. The van der Waals surface area contributed by atoms with Gasteiger partial charge >= 0.3 is 5.97 Å². The van der Waals surface area contributed by atoms with Crippen LogP contribution in [-0.2, 0) is 11.2 Å². The first-order chi connectivity index (χ1) is 6.74. The first kappa shape index (κ1) is 10.5. The number of hydrogen-bond acceptors (Lipinski definition) is 1. The average Bonchev–Trinajstić information content (AvgIpc) is 2.20. The Hall–Kier alpha value is -1.57. The van der Waals surface area contributed by atoms with Gasteiger partial charge in [-0.25, -0.2) is 4.79 Å². The predicted octanol–water partition coefficient (Wildman–Crippen LogP) is 2.65. The van der Waals surface area contributed by atoms with E-state index < -0.39 is 5.97 Å². The zero-order chi connectivity index (χ0) is 10.4. The molecule has 0 saturated carbocycles. The van der Waals surface area contributed by atoms with Crippen molar-refractivity contribution in [1.82, 2.24) is 0 Å². The van der Waals surface area contributed by atoms with Gasteiger partial charge in [0.05, 0.1) is 0 Å². The summed E-state index contributed by atoms with van der Waals surface area (Å²) in [7, 11) is 0. The van der Waals surface area contributed by atoms with E-state index >= 15 is 0 Å². The lowest BCUT2D eigenvalue weighted by Gasteiger charge is -1.98. The van der Waals surface area contributed by atoms with Crippen LogP contribution in [0.4, 0.5) is 0 Å². The highest BCUT2D eigenvalue weighted by atomic mass is 16.4. The SMILES string of the molecule is CC/C(=C/Cc1ccccc1)C(=O)O. The third kappa shape index (κ3) is 3.05. The van der Waals surface area contributed by atoms with Crippen molar-refractivity contribution >= 4 is 5.97 Å². The fraction of sp³-hybridized carbons (Fsp3) is 0.250. The van der Waals surface area contributed by atoms with Crippen molar-refractivity contribution < 1.29 is 9.90 Å². The Balaban J connectivity index is 2.66. The van der Waals surface area contributed by atoms with Crippen molar-refractivity contribution in [2.75, 3.05) is 0 Å². The number of carboxylic acids is 1. The molecular weight excluding hydrogens is 176 g/mol. The molecule has 1 aromatic rings. The van der Waals surface area contributed by atoms with Crippen LogP contribution in [0.15, 0.2) is 42.0 Å². The number of benzene rings is 1. The van der Waals surface area contributed by atoms with E-state index in [1.54, 1.807) is 6.08 Å². The lowest BCUT2D eigenvalue weighted by molar-refractivity contribution is -0.132. The maximum Gasteiger partial charge on any atom is 0.331 e. The number of carboxylic acid groups (broad SMARTS) is 1. The second-order valence-electron chi connectivity index (χ2n) is 3.08. The monoisotopic (exact) mass is 190 g/mol. The van der Waals surface area contributed by atoms with Crippen molar-refractivity contribution in [3.05, 3.63) is 47.5 Å². The number of carbonyl (C=O) groups is 1. The summed E-state index contributed by atoms with van der Waals surface area (Å²) in [5.74, 6) is -0.816. The molecular formula is C12H14O2. The van der Waals surface area contributed by atoms with Crippen molar-refractivity contribution in [3.63, 3.8) is 0 Å². The maximum absolute atomic E-state index is 10.7. The average molecular weight is 190 g/mol. The normalized spacial score (nSPS) is 11.4. The first-order valence-corrected chi connectivity index (χ1v) is 4.70. The molecule has 2 heteroatoms. The Morgan fingerprint density at radius 1 is 1.36 bits per heavy atom. The standard InChI is InChI=1S/C12H14O2/c1-2-11(12(13)14)9-8-10-6-4-3-5-7-10/h3-7,9H,2,8H2,1H3,(H,13,14)/b11-9-. The molecule has 74 valence electrons. The molecule has 2 nitrogen and oxygen atoms in total. The summed E-state index contributed by atoms with van der Waals surface area (Å²) in [5, 5.41) is 8.78. The summed E-state index contributed by atoms with van der Waals surface area (Å²) >= 11 is 0. The molecule has 0 aliphatic rings. The minimum absolute atomic E-state index is 0.480. The molecule has 0 bridgehead atoms. The summed E-state index contributed by atoms with van der Waals surface area (Å²) < 4.78 is 0. The zero-order valence-electron chi connectivity index (χ0n) is 8.23. The molecule has 0 aromatic heterocycles. The topological polar surface area (TPSA) is 37.3 Å². The quantitative estimate of drug-likeness (QED) is 0.741. The number of allylic oxidation sites excluding steroid dienone is 1. The maximum atomic E-state index is 10.7. The van der Waals surface area contributed by atoms with Crippen LogP contribution in [0.25, 0.3) is 0 Å². The Kier molecular flexibility index (Phi) is 3.92. The van der Waals surface area contributed by atoms with Gasteiger partial charge in [-0.1, -0.05) is 43.3 Å². The van der Waals surface area contributed by atoms with Gasteiger partial charge < -0.3 is 5.11 Å². The third-order valence-corrected chi connectivity index (χ3v) is 2.08. The molecule has 0 aliphatic heterocycles. The lowest BCUT2D eigenvalue weighted by Crippen LogP contribution is -1.99. The van der Waals surface area contributed by atoms with E-state index in [9.17, 15) is 4.79 Å². The summed E-state index contributed by atoms with van der Waals surface area (Å²) in [4.78, 5) is 10.7. The van der Waals surface area contributed by atoms with Crippen LogP contribution in [0.3, 0.4) is 0 Å². The van der Waals surface area contributed by atoms with E-state index in [0.717, 1.165) is 5.56 Å². The summed E-state index contributed by atoms with van der Waals surface area (Å²) in [6.07, 6.45) is 3.04. The molecule has 1 aromatic carbocycles. The summed E-state index contributed by atoms with van der Waals surface area (Å²) in [6.45, 7) is 1.85. The molecule has 0 radical (unpaired) electrons. The second kappa shape index (κ2) is 5.22. The Morgan fingerprint density at radius 3 is 2.50 bits per heavy atom. The van der Waals surface area contributed by atoms with E-state index in [1.165, 1.54) is 0 Å². The van der Waals surface area contributed by atoms with Gasteiger partial charge in [0.25, 0.3) is 0 Å². The summed E-state index contributed by atoms with van der Waals surface area (Å²) in [5.41, 5.74) is 1.62. The molecule has 0 atom stereocenters. The van der Waals surface area contributed by atoms with Crippen molar-refractivity contribution in [2.45, 2.75) is 19.8 Å². The minimum atomic E-state index is -0.816. The van der Waals surface area contributed by atoms with E-state index in [4.69, 9.17) is 5.11 Å². The van der Waals surface area contributed by atoms with Crippen LogP contribution in [0, 0.1) is 0 Å².